The van der Waals surface area contributed by atoms with Crippen molar-refractivity contribution in [3.05, 3.63) is 95.6 Å². The number of piperidine rings is 1. The van der Waals surface area contributed by atoms with E-state index in [0.717, 1.165) is 24.5 Å². The highest BCUT2D eigenvalue weighted by atomic mass is 16.5. The molecule has 220 valence electrons. The van der Waals surface area contributed by atoms with Crippen LogP contribution in [0, 0.1) is 0 Å². The molecule has 0 atom stereocenters. The minimum Gasteiger partial charge on any atom is -0.493 e. The Hall–Kier alpha value is -3.88. The van der Waals surface area contributed by atoms with Crippen LogP contribution in [0.1, 0.15) is 48.3 Å². The van der Waals surface area contributed by atoms with Crippen LogP contribution in [0.25, 0.3) is 0 Å². The Morgan fingerprint density at radius 2 is 1.41 bits per heavy atom. The normalized spacial score (nSPS) is 13.7. The maximum absolute atomic E-state index is 9.10. The Bertz CT molecular complexity index is 1150. The van der Waals surface area contributed by atoms with E-state index in [9.17, 15) is 0 Å². The van der Waals surface area contributed by atoms with E-state index in [1.165, 1.54) is 62.0 Å². The molecule has 3 aromatic rings. The van der Waals surface area contributed by atoms with Gasteiger partial charge in [-0.2, -0.15) is 0 Å². The number of nitrogens with zero attached hydrogens (tertiary/aromatic N) is 1. The standard InChI is InChI=1S/C31H40N2O2.C2H2O4/c1-34-30-16-15-25(24-31(30)35-2)17-20-32-28-18-22-33(23-19-28)21-9-14-29(26-10-5-3-6-11-26)27-12-7-4-8-13-27;3-1(4)2(5)6/h3-8,10-13,15-16,24,28-29,32H,9,14,17-23H2,1-2H3;(H,3,4)(H,5,6). The number of nitrogens with one attached hydrogen (secondary N) is 1. The second-order valence-corrected chi connectivity index (χ2v) is 10.1. The van der Waals surface area contributed by atoms with Gasteiger partial charge in [-0.25, -0.2) is 9.59 Å². The Morgan fingerprint density at radius 3 is 1.93 bits per heavy atom. The average molecular weight is 563 g/mol. The van der Waals surface area contributed by atoms with Gasteiger partial charge in [-0.1, -0.05) is 66.7 Å². The monoisotopic (exact) mass is 562 g/mol. The largest absolute Gasteiger partial charge is 0.493 e. The van der Waals surface area contributed by atoms with Crippen LogP contribution in [0.5, 0.6) is 11.5 Å². The second kappa shape index (κ2) is 17.0. The molecular formula is C33H42N2O6. The number of benzene rings is 3. The van der Waals surface area contributed by atoms with E-state index in [2.05, 4.69) is 83.0 Å². The summed E-state index contributed by atoms with van der Waals surface area (Å²) in [4.78, 5) is 20.9. The van der Waals surface area contributed by atoms with Crippen LogP contribution >= 0.6 is 0 Å². The molecule has 0 amide bonds. The summed E-state index contributed by atoms with van der Waals surface area (Å²) in [5, 5.41) is 18.6. The zero-order chi connectivity index (χ0) is 29.5. The van der Waals surface area contributed by atoms with Crippen LogP contribution in [0.15, 0.2) is 78.9 Å². The summed E-state index contributed by atoms with van der Waals surface area (Å²) in [6.45, 7) is 4.56. The summed E-state index contributed by atoms with van der Waals surface area (Å²) in [5.74, 6) is -1.58. The molecule has 0 spiro atoms. The van der Waals surface area contributed by atoms with E-state index in [4.69, 9.17) is 29.3 Å². The predicted octanol–water partition coefficient (Wildman–Crippen LogP) is 5.07. The third kappa shape index (κ3) is 10.6. The lowest BCUT2D eigenvalue weighted by molar-refractivity contribution is -0.159. The maximum Gasteiger partial charge on any atom is 0.414 e. The number of carboxylic acids is 2. The van der Waals surface area contributed by atoms with E-state index in [1.807, 2.05) is 6.07 Å². The van der Waals surface area contributed by atoms with Gasteiger partial charge in [-0.3, -0.25) is 0 Å². The number of hydrogen-bond donors (Lipinski definition) is 3. The lowest BCUT2D eigenvalue weighted by atomic mass is 9.87. The van der Waals surface area contributed by atoms with Crippen LogP contribution in [0.2, 0.25) is 0 Å². The van der Waals surface area contributed by atoms with Crippen molar-refractivity contribution in [3.8, 4) is 11.5 Å². The predicted molar refractivity (Wildman–Crippen MR) is 160 cm³/mol. The third-order valence-corrected chi connectivity index (χ3v) is 7.44. The summed E-state index contributed by atoms with van der Waals surface area (Å²) in [5.41, 5.74) is 4.13. The van der Waals surface area contributed by atoms with E-state index >= 15 is 0 Å². The van der Waals surface area contributed by atoms with E-state index in [1.54, 1.807) is 14.2 Å². The number of methoxy groups -OCH3 is 2. The van der Waals surface area contributed by atoms with Gasteiger partial charge in [0.05, 0.1) is 14.2 Å². The molecule has 1 saturated heterocycles. The lowest BCUT2D eigenvalue weighted by Gasteiger charge is -2.33. The van der Waals surface area contributed by atoms with Crippen LogP contribution in [-0.4, -0.2) is 73.5 Å². The van der Waals surface area contributed by atoms with E-state index in [0.29, 0.717) is 12.0 Å². The number of ether oxygens (including phenoxy) is 2. The first-order valence-corrected chi connectivity index (χ1v) is 14.1. The molecule has 1 heterocycles. The maximum atomic E-state index is 9.10. The summed E-state index contributed by atoms with van der Waals surface area (Å²) >= 11 is 0. The minimum atomic E-state index is -1.82. The van der Waals surface area contributed by atoms with Gasteiger partial charge < -0.3 is 29.9 Å². The average Bonchev–Trinajstić information content (AvgIpc) is 3.01. The molecule has 1 aliphatic heterocycles. The minimum absolute atomic E-state index is 0.480. The zero-order valence-corrected chi connectivity index (χ0v) is 24.0. The van der Waals surface area contributed by atoms with Gasteiger partial charge in [0, 0.05) is 12.0 Å². The molecule has 0 unspecified atom stereocenters. The SMILES string of the molecule is COc1ccc(CCNC2CCN(CCCC(c3ccccc3)c3ccccc3)CC2)cc1OC.O=C(O)C(=O)O. The molecule has 0 aromatic heterocycles. The smallest absolute Gasteiger partial charge is 0.414 e. The van der Waals surface area contributed by atoms with Gasteiger partial charge in [0.15, 0.2) is 11.5 Å². The molecule has 4 rings (SSSR count). The van der Waals surface area contributed by atoms with E-state index in [-0.39, 0.29) is 0 Å². The molecule has 1 fully saturated rings. The highest BCUT2D eigenvalue weighted by molar-refractivity contribution is 6.27. The number of aliphatic carboxylic acids is 2. The Labute approximate surface area is 242 Å². The fraction of sp³-hybridized carbons (Fsp3) is 0.394. The number of rotatable bonds is 12. The van der Waals surface area contributed by atoms with Crippen molar-refractivity contribution in [2.75, 3.05) is 40.4 Å². The molecule has 3 aromatic carbocycles. The molecule has 1 aliphatic rings. The molecule has 0 aliphatic carbocycles. The zero-order valence-electron chi connectivity index (χ0n) is 24.0. The number of carboxylic acid groups (broad SMARTS) is 2. The molecule has 3 N–H and O–H groups in total. The van der Waals surface area contributed by atoms with Crippen LogP contribution in [0.3, 0.4) is 0 Å². The number of carbonyl (C=O) groups is 2. The van der Waals surface area contributed by atoms with Crippen molar-refractivity contribution in [2.24, 2.45) is 0 Å². The van der Waals surface area contributed by atoms with Gasteiger partial charge in [0.2, 0.25) is 0 Å². The van der Waals surface area contributed by atoms with Crippen LogP contribution in [0.4, 0.5) is 0 Å². The molecule has 41 heavy (non-hydrogen) atoms. The first-order valence-electron chi connectivity index (χ1n) is 14.1. The lowest BCUT2D eigenvalue weighted by Crippen LogP contribution is -2.43. The third-order valence-electron chi connectivity index (χ3n) is 7.44. The van der Waals surface area contributed by atoms with Crippen molar-refractivity contribution in [1.82, 2.24) is 10.2 Å². The highest BCUT2D eigenvalue weighted by Crippen LogP contribution is 2.30. The van der Waals surface area contributed by atoms with Gasteiger partial charge in [-0.05, 0) is 87.1 Å². The molecule has 8 heteroatoms. The first kappa shape index (κ1) is 31.6. The topological polar surface area (TPSA) is 108 Å². The summed E-state index contributed by atoms with van der Waals surface area (Å²) in [7, 11) is 3.37. The van der Waals surface area contributed by atoms with Crippen LogP contribution in [-0.2, 0) is 16.0 Å². The first-order chi connectivity index (χ1) is 19.9. The van der Waals surface area contributed by atoms with Crippen molar-refractivity contribution >= 4 is 11.9 Å². The van der Waals surface area contributed by atoms with E-state index < -0.39 is 11.9 Å². The fourth-order valence-corrected chi connectivity index (χ4v) is 5.23. The van der Waals surface area contributed by atoms with Gasteiger partial charge >= 0.3 is 11.9 Å². The molecule has 0 radical (unpaired) electrons. The van der Waals surface area contributed by atoms with Gasteiger partial charge in [0.1, 0.15) is 0 Å². The Balaban J connectivity index is 0.000000696. The second-order valence-electron chi connectivity index (χ2n) is 10.1. The van der Waals surface area contributed by atoms with Crippen LogP contribution < -0.4 is 14.8 Å². The molecular weight excluding hydrogens is 520 g/mol. The van der Waals surface area contributed by atoms with Gasteiger partial charge in [0.25, 0.3) is 0 Å². The number of hydrogen-bond acceptors (Lipinski definition) is 6. The Kier molecular flexibility index (Phi) is 13.2. The van der Waals surface area contributed by atoms with Crippen molar-refractivity contribution in [1.29, 1.82) is 0 Å². The Morgan fingerprint density at radius 1 is 0.854 bits per heavy atom. The van der Waals surface area contributed by atoms with Crippen molar-refractivity contribution in [3.63, 3.8) is 0 Å². The molecule has 8 nitrogen and oxygen atoms in total. The summed E-state index contributed by atoms with van der Waals surface area (Å²) in [6, 6.07) is 28.8. The fourth-order valence-electron chi connectivity index (χ4n) is 5.23. The summed E-state index contributed by atoms with van der Waals surface area (Å²) in [6.07, 6.45) is 5.88. The summed E-state index contributed by atoms with van der Waals surface area (Å²) < 4.78 is 10.8. The van der Waals surface area contributed by atoms with Crippen molar-refractivity contribution < 1.29 is 29.3 Å². The molecule has 0 saturated carbocycles. The molecule has 0 bridgehead atoms. The number of likely N-dealkylation sites (tertiary alicyclic amines) is 1. The quantitative estimate of drug-likeness (QED) is 0.263. The highest BCUT2D eigenvalue weighted by Gasteiger charge is 2.20. The van der Waals surface area contributed by atoms with Crippen molar-refractivity contribution in [2.45, 2.75) is 44.1 Å². The van der Waals surface area contributed by atoms with Gasteiger partial charge in [-0.15, -0.1) is 0 Å².